The van der Waals surface area contributed by atoms with Crippen molar-refractivity contribution in [1.29, 1.82) is 0 Å². The summed E-state index contributed by atoms with van der Waals surface area (Å²) in [5, 5.41) is -0.337. The van der Waals surface area contributed by atoms with Crippen LogP contribution in [0.15, 0.2) is 18.3 Å². The van der Waals surface area contributed by atoms with Crippen molar-refractivity contribution in [3.05, 3.63) is 29.6 Å². The predicted molar refractivity (Wildman–Crippen MR) is 57.4 cm³/mol. The minimum atomic E-state index is -4.36. The molecule has 1 rings (SSSR count). The van der Waals surface area contributed by atoms with Crippen LogP contribution in [0.3, 0.4) is 0 Å². The summed E-state index contributed by atoms with van der Waals surface area (Å²) in [6.07, 6.45) is -2.87. The Kier molecular flexibility index (Phi) is 4.19. The van der Waals surface area contributed by atoms with Gasteiger partial charge in [0.1, 0.15) is 0 Å². The Hall–Kier alpha value is -0.770. The minimum Gasteiger partial charge on any atom is -0.261 e. The molecule has 1 nitrogen and oxygen atoms in total. The van der Waals surface area contributed by atoms with Gasteiger partial charge >= 0.3 is 6.18 Å². The molecule has 0 aliphatic rings. The number of alkyl halides is 4. The summed E-state index contributed by atoms with van der Waals surface area (Å²) in [5.74, 6) is 0.116. The third-order valence-corrected chi connectivity index (χ3v) is 2.97. The third-order valence-electron chi connectivity index (χ3n) is 2.31. The maximum absolute atomic E-state index is 12.6. The van der Waals surface area contributed by atoms with Gasteiger partial charge in [-0.2, -0.15) is 13.2 Å². The highest BCUT2D eigenvalue weighted by atomic mass is 35.5. The van der Waals surface area contributed by atoms with Crippen LogP contribution in [0.1, 0.15) is 25.1 Å². The van der Waals surface area contributed by atoms with Crippen molar-refractivity contribution in [3.63, 3.8) is 0 Å². The van der Waals surface area contributed by atoms with Gasteiger partial charge in [-0.25, -0.2) is 0 Å². The zero-order valence-corrected chi connectivity index (χ0v) is 9.81. The average Bonchev–Trinajstić information content (AvgIpc) is 2.16. The zero-order valence-electron chi connectivity index (χ0n) is 9.05. The Balaban J connectivity index is 2.96. The molecule has 0 bridgehead atoms. The van der Waals surface area contributed by atoms with Gasteiger partial charge in [0.2, 0.25) is 0 Å². The summed E-state index contributed by atoms with van der Waals surface area (Å²) in [7, 11) is 0. The molecule has 0 aliphatic heterocycles. The predicted octanol–water partition coefficient (Wildman–Crippen LogP) is 3.91. The van der Waals surface area contributed by atoms with Gasteiger partial charge in [0.25, 0.3) is 0 Å². The Labute approximate surface area is 97.6 Å². The van der Waals surface area contributed by atoms with Gasteiger partial charge in [-0.3, -0.25) is 4.98 Å². The van der Waals surface area contributed by atoms with Crippen molar-refractivity contribution in [1.82, 2.24) is 4.98 Å². The molecule has 1 aromatic heterocycles. The van der Waals surface area contributed by atoms with E-state index in [0.717, 1.165) is 6.07 Å². The lowest BCUT2D eigenvalue weighted by molar-refractivity contribution is -0.138. The van der Waals surface area contributed by atoms with Gasteiger partial charge in [0.15, 0.2) is 0 Å². The van der Waals surface area contributed by atoms with Crippen LogP contribution in [0.25, 0.3) is 0 Å². The van der Waals surface area contributed by atoms with Gasteiger partial charge in [0.05, 0.1) is 11.3 Å². The topological polar surface area (TPSA) is 12.9 Å². The van der Waals surface area contributed by atoms with Crippen LogP contribution in [0.5, 0.6) is 0 Å². The van der Waals surface area contributed by atoms with Gasteiger partial charge in [-0.15, -0.1) is 11.6 Å². The van der Waals surface area contributed by atoms with Crippen LogP contribution >= 0.6 is 11.6 Å². The van der Waals surface area contributed by atoms with E-state index in [1.54, 1.807) is 0 Å². The highest BCUT2D eigenvalue weighted by molar-refractivity contribution is 6.20. The monoisotopic (exact) mass is 251 g/mol. The van der Waals surface area contributed by atoms with E-state index in [0.29, 0.717) is 0 Å². The molecule has 1 heterocycles. The first kappa shape index (κ1) is 13.3. The lowest BCUT2D eigenvalue weighted by atomic mass is 10.0. The first-order chi connectivity index (χ1) is 7.32. The molecule has 16 heavy (non-hydrogen) atoms. The van der Waals surface area contributed by atoms with Crippen LogP contribution in [0.2, 0.25) is 0 Å². The first-order valence-corrected chi connectivity index (χ1v) is 5.41. The van der Waals surface area contributed by atoms with Crippen LogP contribution in [0, 0.1) is 5.92 Å². The van der Waals surface area contributed by atoms with E-state index in [-0.39, 0.29) is 23.4 Å². The number of halogens is 4. The summed E-state index contributed by atoms with van der Waals surface area (Å²) in [6, 6.07) is 2.32. The molecule has 0 saturated carbocycles. The van der Waals surface area contributed by atoms with Crippen molar-refractivity contribution in [2.75, 3.05) is 0 Å². The molecule has 1 unspecified atom stereocenters. The standard InChI is InChI=1S/C11H13ClF3N/c1-7(2)9(12)6-10-8(11(13,14)15)4-3-5-16-10/h3-5,7,9H,6H2,1-2H3. The van der Waals surface area contributed by atoms with Crippen LogP contribution in [-0.2, 0) is 12.6 Å². The molecule has 90 valence electrons. The summed E-state index contributed by atoms with van der Waals surface area (Å²) < 4.78 is 37.9. The maximum Gasteiger partial charge on any atom is 0.418 e. The molecular weight excluding hydrogens is 239 g/mol. The van der Waals surface area contributed by atoms with Crippen molar-refractivity contribution in [2.45, 2.75) is 31.8 Å². The van der Waals surface area contributed by atoms with E-state index >= 15 is 0 Å². The van der Waals surface area contributed by atoms with Crippen molar-refractivity contribution in [2.24, 2.45) is 5.92 Å². The molecule has 1 aromatic rings. The van der Waals surface area contributed by atoms with Crippen LogP contribution in [-0.4, -0.2) is 10.4 Å². The highest BCUT2D eigenvalue weighted by Crippen LogP contribution is 2.32. The molecule has 0 N–H and O–H groups in total. The average molecular weight is 252 g/mol. The number of aromatic nitrogens is 1. The number of hydrogen-bond acceptors (Lipinski definition) is 1. The molecule has 5 heteroatoms. The molecular formula is C11H13ClF3N. The summed E-state index contributed by atoms with van der Waals surface area (Å²) in [5.41, 5.74) is -0.676. The highest BCUT2D eigenvalue weighted by Gasteiger charge is 2.34. The molecule has 0 radical (unpaired) electrons. The maximum atomic E-state index is 12.6. The molecule has 1 atom stereocenters. The van der Waals surface area contributed by atoms with Gasteiger partial charge < -0.3 is 0 Å². The molecule has 0 saturated heterocycles. The van der Waals surface area contributed by atoms with Crippen LogP contribution in [0.4, 0.5) is 13.2 Å². The van der Waals surface area contributed by atoms with E-state index in [1.165, 1.54) is 12.3 Å². The second-order valence-corrected chi connectivity index (χ2v) is 4.52. The van der Waals surface area contributed by atoms with E-state index in [4.69, 9.17) is 11.6 Å². The van der Waals surface area contributed by atoms with E-state index in [1.807, 2.05) is 13.8 Å². The largest absolute Gasteiger partial charge is 0.418 e. The fraction of sp³-hybridized carbons (Fsp3) is 0.545. The fourth-order valence-electron chi connectivity index (χ4n) is 1.28. The summed E-state index contributed by atoms with van der Waals surface area (Å²) in [4.78, 5) is 3.76. The van der Waals surface area contributed by atoms with E-state index in [2.05, 4.69) is 4.98 Å². The van der Waals surface area contributed by atoms with Crippen LogP contribution < -0.4 is 0 Å². The summed E-state index contributed by atoms with van der Waals surface area (Å²) in [6.45, 7) is 3.74. The quantitative estimate of drug-likeness (QED) is 0.743. The first-order valence-electron chi connectivity index (χ1n) is 4.97. The molecule has 0 spiro atoms. The number of rotatable bonds is 3. The Morgan fingerprint density at radius 2 is 2.00 bits per heavy atom. The second kappa shape index (κ2) is 5.04. The zero-order chi connectivity index (χ0) is 12.3. The second-order valence-electron chi connectivity index (χ2n) is 3.96. The third kappa shape index (κ3) is 3.37. The van der Waals surface area contributed by atoms with Crippen molar-refractivity contribution >= 4 is 11.6 Å². The van der Waals surface area contributed by atoms with E-state index < -0.39 is 11.7 Å². The fourth-order valence-corrected chi connectivity index (χ4v) is 1.43. The van der Waals surface area contributed by atoms with Gasteiger partial charge in [-0.1, -0.05) is 13.8 Å². The summed E-state index contributed by atoms with van der Waals surface area (Å²) >= 11 is 5.96. The molecule has 0 amide bonds. The molecule has 0 aliphatic carbocycles. The molecule has 0 aromatic carbocycles. The normalized spacial score (nSPS) is 14.2. The smallest absolute Gasteiger partial charge is 0.261 e. The lowest BCUT2D eigenvalue weighted by Crippen LogP contribution is -2.17. The minimum absolute atomic E-state index is 0.0173. The Bertz CT molecular complexity index is 349. The Morgan fingerprint density at radius 1 is 1.38 bits per heavy atom. The van der Waals surface area contributed by atoms with Crippen molar-refractivity contribution < 1.29 is 13.2 Å². The van der Waals surface area contributed by atoms with Gasteiger partial charge in [0, 0.05) is 18.0 Å². The van der Waals surface area contributed by atoms with Crippen molar-refractivity contribution in [3.8, 4) is 0 Å². The van der Waals surface area contributed by atoms with Gasteiger partial charge in [-0.05, 0) is 18.1 Å². The molecule has 0 fully saturated rings. The number of nitrogens with zero attached hydrogens (tertiary/aromatic N) is 1. The number of hydrogen-bond donors (Lipinski definition) is 0. The van der Waals surface area contributed by atoms with E-state index in [9.17, 15) is 13.2 Å². The SMILES string of the molecule is CC(C)C(Cl)Cc1ncccc1C(F)(F)F. The Morgan fingerprint density at radius 3 is 2.50 bits per heavy atom. The lowest BCUT2D eigenvalue weighted by Gasteiger charge is -2.16. The number of pyridine rings is 1.